The van der Waals surface area contributed by atoms with Gasteiger partial charge in [0.25, 0.3) is 0 Å². The van der Waals surface area contributed by atoms with Gasteiger partial charge >= 0.3 is 0 Å². The number of hydrogen-bond donors (Lipinski definition) is 1. The molecule has 84 valence electrons. The lowest BCUT2D eigenvalue weighted by atomic mass is 10.2. The Kier molecular flexibility index (Phi) is 5.83. The van der Waals surface area contributed by atoms with Crippen LogP contribution < -0.4 is 5.73 Å². The van der Waals surface area contributed by atoms with Crippen molar-refractivity contribution in [2.24, 2.45) is 5.73 Å². The highest BCUT2D eigenvalue weighted by molar-refractivity contribution is 7.98. The minimum Gasteiger partial charge on any atom is -0.327 e. The van der Waals surface area contributed by atoms with Gasteiger partial charge in [-0.2, -0.15) is 11.8 Å². The number of benzene rings is 1. The normalized spacial score (nSPS) is 12.8. The van der Waals surface area contributed by atoms with Gasteiger partial charge in [-0.15, -0.1) is 0 Å². The summed E-state index contributed by atoms with van der Waals surface area (Å²) in [5, 5.41) is 1.42. The molecule has 1 atom stereocenters. The third-order valence-corrected chi connectivity index (χ3v) is 3.89. The molecule has 0 spiro atoms. The van der Waals surface area contributed by atoms with E-state index in [1.807, 2.05) is 12.1 Å². The first-order chi connectivity index (χ1) is 7.13. The lowest BCUT2D eigenvalue weighted by molar-refractivity contribution is 0.725. The Morgan fingerprint density at radius 1 is 1.40 bits per heavy atom. The molecule has 1 unspecified atom stereocenters. The van der Waals surface area contributed by atoms with Crippen LogP contribution in [0.1, 0.15) is 18.9 Å². The van der Waals surface area contributed by atoms with Crippen molar-refractivity contribution in [1.82, 2.24) is 0 Å². The number of nitrogens with two attached hydrogens (primary N) is 1. The second-order valence-electron chi connectivity index (χ2n) is 3.42. The molecule has 1 aromatic carbocycles. The molecule has 0 heterocycles. The SMILES string of the molecule is CCC(N)CSCc1ccc(Cl)cc1Cl. The molecular weight excluding hydrogens is 249 g/mol. The van der Waals surface area contributed by atoms with Crippen LogP contribution in [-0.2, 0) is 5.75 Å². The van der Waals surface area contributed by atoms with Crippen molar-refractivity contribution in [3.8, 4) is 0 Å². The average molecular weight is 264 g/mol. The van der Waals surface area contributed by atoms with Crippen molar-refractivity contribution in [1.29, 1.82) is 0 Å². The fourth-order valence-electron chi connectivity index (χ4n) is 1.08. The summed E-state index contributed by atoms with van der Waals surface area (Å²) in [7, 11) is 0. The molecule has 0 aliphatic heterocycles. The van der Waals surface area contributed by atoms with Crippen molar-refractivity contribution in [2.45, 2.75) is 25.1 Å². The summed E-state index contributed by atoms with van der Waals surface area (Å²) in [5.41, 5.74) is 6.94. The summed E-state index contributed by atoms with van der Waals surface area (Å²) in [6, 6.07) is 5.89. The molecule has 1 aromatic rings. The number of thioether (sulfide) groups is 1. The van der Waals surface area contributed by atoms with Crippen LogP contribution in [0.5, 0.6) is 0 Å². The van der Waals surface area contributed by atoms with Gasteiger partial charge in [0.1, 0.15) is 0 Å². The molecule has 0 saturated carbocycles. The van der Waals surface area contributed by atoms with E-state index in [-0.39, 0.29) is 6.04 Å². The minimum absolute atomic E-state index is 0.279. The Hall–Kier alpha value is 0.110. The molecule has 0 aromatic heterocycles. The van der Waals surface area contributed by atoms with Gasteiger partial charge < -0.3 is 5.73 Å². The van der Waals surface area contributed by atoms with Crippen LogP contribution in [-0.4, -0.2) is 11.8 Å². The first-order valence-electron chi connectivity index (χ1n) is 4.90. The molecule has 0 aliphatic rings. The van der Waals surface area contributed by atoms with Crippen molar-refractivity contribution < 1.29 is 0 Å². The van der Waals surface area contributed by atoms with Crippen LogP contribution >= 0.6 is 35.0 Å². The smallest absolute Gasteiger partial charge is 0.0461 e. The molecular formula is C11H15Cl2NS. The van der Waals surface area contributed by atoms with Gasteiger partial charge in [-0.3, -0.25) is 0 Å². The number of rotatable bonds is 5. The number of hydrogen-bond acceptors (Lipinski definition) is 2. The van der Waals surface area contributed by atoms with Gasteiger partial charge in [0.15, 0.2) is 0 Å². The molecule has 0 radical (unpaired) electrons. The summed E-state index contributed by atoms with van der Waals surface area (Å²) >= 11 is 13.7. The fourth-order valence-corrected chi connectivity index (χ4v) is 2.76. The fraction of sp³-hybridized carbons (Fsp3) is 0.455. The summed E-state index contributed by atoms with van der Waals surface area (Å²) in [6.07, 6.45) is 1.02. The lowest BCUT2D eigenvalue weighted by Crippen LogP contribution is -2.21. The molecule has 0 aliphatic carbocycles. The van der Waals surface area contributed by atoms with Gasteiger partial charge in [0.05, 0.1) is 0 Å². The van der Waals surface area contributed by atoms with E-state index in [1.54, 1.807) is 17.8 Å². The molecule has 0 bridgehead atoms. The zero-order valence-corrected chi connectivity index (χ0v) is 11.0. The van der Waals surface area contributed by atoms with Crippen LogP contribution in [0.15, 0.2) is 18.2 Å². The third kappa shape index (κ3) is 4.64. The van der Waals surface area contributed by atoms with E-state index < -0.39 is 0 Å². The zero-order chi connectivity index (χ0) is 11.3. The van der Waals surface area contributed by atoms with E-state index in [1.165, 1.54) is 0 Å². The Balaban J connectivity index is 2.44. The van der Waals surface area contributed by atoms with E-state index >= 15 is 0 Å². The first-order valence-corrected chi connectivity index (χ1v) is 6.81. The summed E-state index contributed by atoms with van der Waals surface area (Å²) < 4.78 is 0. The highest BCUT2D eigenvalue weighted by atomic mass is 35.5. The van der Waals surface area contributed by atoms with Crippen LogP contribution in [0.25, 0.3) is 0 Å². The quantitative estimate of drug-likeness (QED) is 0.871. The van der Waals surface area contributed by atoms with E-state index in [0.29, 0.717) is 5.02 Å². The lowest BCUT2D eigenvalue weighted by Gasteiger charge is -2.08. The molecule has 1 nitrogen and oxygen atoms in total. The van der Waals surface area contributed by atoms with Crippen LogP contribution in [0, 0.1) is 0 Å². The van der Waals surface area contributed by atoms with Gasteiger partial charge in [-0.25, -0.2) is 0 Å². The largest absolute Gasteiger partial charge is 0.327 e. The summed E-state index contributed by atoms with van der Waals surface area (Å²) in [5.74, 6) is 1.86. The molecule has 0 amide bonds. The Labute approximate surface area is 105 Å². The third-order valence-electron chi connectivity index (χ3n) is 2.13. The molecule has 0 fully saturated rings. The Morgan fingerprint density at radius 3 is 2.73 bits per heavy atom. The van der Waals surface area contributed by atoms with Crippen molar-refractivity contribution in [3.05, 3.63) is 33.8 Å². The van der Waals surface area contributed by atoms with Crippen molar-refractivity contribution in [3.63, 3.8) is 0 Å². The van der Waals surface area contributed by atoms with Gasteiger partial charge in [0, 0.05) is 27.6 Å². The van der Waals surface area contributed by atoms with E-state index in [4.69, 9.17) is 28.9 Å². The number of halogens is 2. The molecule has 15 heavy (non-hydrogen) atoms. The molecule has 4 heteroatoms. The maximum absolute atomic E-state index is 6.05. The van der Waals surface area contributed by atoms with Gasteiger partial charge in [-0.05, 0) is 24.1 Å². The minimum atomic E-state index is 0.279. The van der Waals surface area contributed by atoms with E-state index in [2.05, 4.69) is 6.92 Å². The monoisotopic (exact) mass is 263 g/mol. The van der Waals surface area contributed by atoms with E-state index in [9.17, 15) is 0 Å². The van der Waals surface area contributed by atoms with Crippen LogP contribution in [0.2, 0.25) is 10.0 Å². The van der Waals surface area contributed by atoms with Crippen molar-refractivity contribution in [2.75, 3.05) is 5.75 Å². The molecule has 2 N–H and O–H groups in total. The predicted molar refractivity (Wildman–Crippen MR) is 70.9 cm³/mol. The maximum atomic E-state index is 6.05. The summed E-state index contributed by atoms with van der Waals surface area (Å²) in [6.45, 7) is 2.10. The molecule has 1 rings (SSSR count). The van der Waals surface area contributed by atoms with Gasteiger partial charge in [-0.1, -0.05) is 36.2 Å². The highest BCUT2D eigenvalue weighted by Gasteiger charge is 2.03. The topological polar surface area (TPSA) is 26.0 Å². The zero-order valence-electron chi connectivity index (χ0n) is 8.67. The standard InChI is InChI=1S/C11H15Cl2NS/c1-2-10(14)7-15-6-8-3-4-9(12)5-11(8)13/h3-5,10H,2,6-7,14H2,1H3. The molecule has 0 saturated heterocycles. The second-order valence-corrected chi connectivity index (χ2v) is 5.29. The van der Waals surface area contributed by atoms with E-state index in [0.717, 1.165) is 28.5 Å². The maximum Gasteiger partial charge on any atom is 0.0461 e. The summed E-state index contributed by atoms with van der Waals surface area (Å²) in [4.78, 5) is 0. The Morgan fingerprint density at radius 2 is 2.13 bits per heavy atom. The average Bonchev–Trinajstić information content (AvgIpc) is 2.21. The second kappa shape index (κ2) is 6.64. The van der Waals surface area contributed by atoms with Crippen LogP contribution in [0.3, 0.4) is 0 Å². The predicted octanol–water partition coefficient (Wildman–Crippen LogP) is 3.96. The Bertz CT molecular complexity index is 317. The van der Waals surface area contributed by atoms with Crippen molar-refractivity contribution >= 4 is 35.0 Å². The highest BCUT2D eigenvalue weighted by Crippen LogP contribution is 2.24. The van der Waals surface area contributed by atoms with Crippen LogP contribution in [0.4, 0.5) is 0 Å². The van der Waals surface area contributed by atoms with Gasteiger partial charge in [0.2, 0.25) is 0 Å². The first kappa shape index (κ1) is 13.2.